The van der Waals surface area contributed by atoms with Gasteiger partial charge in [0.2, 0.25) is 5.91 Å². The summed E-state index contributed by atoms with van der Waals surface area (Å²) in [5.41, 5.74) is 0.775. The lowest BCUT2D eigenvalue weighted by atomic mass is 9.91. The maximum Gasteiger partial charge on any atom is 0.325 e. The van der Waals surface area contributed by atoms with E-state index in [1.807, 2.05) is 52.0 Å². The van der Waals surface area contributed by atoms with Crippen LogP contribution in [0.3, 0.4) is 0 Å². The molecule has 1 aliphatic rings. The average molecular weight is 402 g/mol. The van der Waals surface area contributed by atoms with Crippen LogP contribution in [-0.2, 0) is 21.5 Å². The van der Waals surface area contributed by atoms with E-state index in [4.69, 9.17) is 0 Å². The molecule has 160 valence electrons. The van der Waals surface area contributed by atoms with Gasteiger partial charge >= 0.3 is 6.03 Å². The lowest BCUT2D eigenvalue weighted by molar-refractivity contribution is -0.139. The van der Waals surface area contributed by atoms with Crippen LogP contribution in [0.4, 0.5) is 4.79 Å². The van der Waals surface area contributed by atoms with Crippen molar-refractivity contribution in [2.24, 2.45) is 11.8 Å². The summed E-state index contributed by atoms with van der Waals surface area (Å²) in [4.78, 5) is 41.4. The van der Waals surface area contributed by atoms with Crippen LogP contribution >= 0.6 is 0 Å². The minimum absolute atomic E-state index is 0.196. The zero-order chi connectivity index (χ0) is 21.8. The van der Waals surface area contributed by atoms with E-state index in [1.54, 1.807) is 11.8 Å². The number of nitrogens with one attached hydrogen (secondary N) is 1. The molecule has 4 amide bonds. The van der Waals surface area contributed by atoms with E-state index in [1.165, 1.54) is 5.56 Å². The Morgan fingerprint density at radius 2 is 1.62 bits per heavy atom. The van der Waals surface area contributed by atoms with Crippen molar-refractivity contribution in [3.8, 4) is 0 Å². The summed E-state index contributed by atoms with van der Waals surface area (Å²) in [6.07, 6.45) is 2.02. The SMILES string of the molecule is CCCc1ccc(C2(C)NC(=O)N(CC(=O)N(CC(C)C)CC(C)C)C2=O)cc1. The molecule has 1 aromatic carbocycles. The van der Waals surface area contributed by atoms with Gasteiger partial charge in [-0.05, 0) is 36.3 Å². The molecule has 0 radical (unpaired) electrons. The highest BCUT2D eigenvalue weighted by Gasteiger charge is 2.49. The van der Waals surface area contributed by atoms with Crippen molar-refractivity contribution in [1.82, 2.24) is 15.1 Å². The molecule has 0 saturated carbocycles. The topological polar surface area (TPSA) is 69.7 Å². The first-order chi connectivity index (χ1) is 13.6. The van der Waals surface area contributed by atoms with Crippen molar-refractivity contribution in [1.29, 1.82) is 0 Å². The van der Waals surface area contributed by atoms with E-state index >= 15 is 0 Å². The van der Waals surface area contributed by atoms with Crippen molar-refractivity contribution in [3.05, 3.63) is 35.4 Å². The molecule has 1 saturated heterocycles. The van der Waals surface area contributed by atoms with Crippen molar-refractivity contribution in [3.63, 3.8) is 0 Å². The lowest BCUT2D eigenvalue weighted by Crippen LogP contribution is -2.46. The largest absolute Gasteiger partial charge is 0.341 e. The number of benzene rings is 1. The Balaban J connectivity index is 2.17. The molecule has 1 aliphatic heterocycles. The van der Waals surface area contributed by atoms with E-state index in [0.717, 1.165) is 23.3 Å². The molecule has 0 bridgehead atoms. The first-order valence-corrected chi connectivity index (χ1v) is 10.6. The quantitative estimate of drug-likeness (QED) is 0.644. The Morgan fingerprint density at radius 3 is 2.10 bits per heavy atom. The first kappa shape index (κ1) is 22.9. The maximum absolute atomic E-state index is 13.1. The molecule has 29 heavy (non-hydrogen) atoms. The number of urea groups is 1. The van der Waals surface area contributed by atoms with Gasteiger partial charge in [0.15, 0.2) is 0 Å². The van der Waals surface area contributed by atoms with Gasteiger partial charge in [0.25, 0.3) is 5.91 Å². The minimum atomic E-state index is -1.15. The predicted molar refractivity (Wildman–Crippen MR) is 114 cm³/mol. The third-order valence-electron chi connectivity index (χ3n) is 5.16. The molecular weight excluding hydrogens is 366 g/mol. The highest BCUT2D eigenvalue weighted by Crippen LogP contribution is 2.29. The zero-order valence-corrected chi connectivity index (χ0v) is 18.6. The standard InChI is InChI=1S/C23H35N3O3/c1-7-8-18-9-11-19(12-10-18)23(6)21(28)26(22(29)24-23)15-20(27)25(13-16(2)3)14-17(4)5/h9-12,16-17H,7-8,13-15H2,1-6H3,(H,24,29). The second kappa shape index (κ2) is 9.42. The Hall–Kier alpha value is -2.37. The fraction of sp³-hybridized carbons (Fsp3) is 0.609. The van der Waals surface area contributed by atoms with Gasteiger partial charge in [0, 0.05) is 13.1 Å². The van der Waals surface area contributed by atoms with E-state index in [-0.39, 0.29) is 18.4 Å². The number of imide groups is 1. The molecule has 1 unspecified atom stereocenters. The predicted octanol–water partition coefficient (Wildman–Crippen LogP) is 3.55. The Bertz CT molecular complexity index is 732. The van der Waals surface area contributed by atoms with Crippen LogP contribution in [0.25, 0.3) is 0 Å². The summed E-state index contributed by atoms with van der Waals surface area (Å²) in [6.45, 7) is 13.0. The number of carbonyl (C=O) groups is 3. The Kier molecular flexibility index (Phi) is 7.44. The summed E-state index contributed by atoms with van der Waals surface area (Å²) in [7, 11) is 0. The number of hydrogen-bond donors (Lipinski definition) is 1. The summed E-state index contributed by atoms with van der Waals surface area (Å²) >= 11 is 0. The van der Waals surface area contributed by atoms with Gasteiger partial charge in [-0.1, -0.05) is 65.3 Å². The van der Waals surface area contributed by atoms with Crippen LogP contribution in [0.15, 0.2) is 24.3 Å². The zero-order valence-electron chi connectivity index (χ0n) is 18.6. The van der Waals surface area contributed by atoms with E-state index in [2.05, 4.69) is 12.2 Å². The Morgan fingerprint density at radius 1 is 1.07 bits per heavy atom. The van der Waals surface area contributed by atoms with Gasteiger partial charge in [-0.25, -0.2) is 4.79 Å². The first-order valence-electron chi connectivity index (χ1n) is 10.6. The number of carbonyl (C=O) groups excluding carboxylic acids is 3. The number of aryl methyl sites for hydroxylation is 1. The second-order valence-corrected chi connectivity index (χ2v) is 8.98. The molecule has 1 fully saturated rings. The van der Waals surface area contributed by atoms with E-state index < -0.39 is 11.6 Å². The summed E-state index contributed by atoms with van der Waals surface area (Å²) < 4.78 is 0. The molecule has 1 atom stereocenters. The number of rotatable bonds is 9. The van der Waals surface area contributed by atoms with Crippen molar-refractivity contribution in [2.45, 2.75) is 59.9 Å². The van der Waals surface area contributed by atoms with Crippen LogP contribution < -0.4 is 5.32 Å². The van der Waals surface area contributed by atoms with Gasteiger partial charge in [-0.2, -0.15) is 0 Å². The fourth-order valence-electron chi connectivity index (χ4n) is 3.72. The van der Waals surface area contributed by atoms with Gasteiger partial charge in [-0.15, -0.1) is 0 Å². The van der Waals surface area contributed by atoms with Crippen LogP contribution in [0.1, 0.15) is 59.1 Å². The van der Waals surface area contributed by atoms with Crippen molar-refractivity contribution < 1.29 is 14.4 Å². The molecule has 2 rings (SSSR count). The number of nitrogens with zero attached hydrogens (tertiary/aromatic N) is 2. The molecule has 6 heteroatoms. The van der Waals surface area contributed by atoms with Gasteiger partial charge in [-0.3, -0.25) is 14.5 Å². The van der Waals surface area contributed by atoms with Crippen LogP contribution in [0, 0.1) is 11.8 Å². The molecular formula is C23H35N3O3. The molecule has 1 aromatic rings. The second-order valence-electron chi connectivity index (χ2n) is 8.98. The fourth-order valence-corrected chi connectivity index (χ4v) is 3.72. The molecule has 0 aromatic heterocycles. The molecule has 0 aliphatic carbocycles. The molecule has 1 heterocycles. The molecule has 1 N–H and O–H groups in total. The van der Waals surface area contributed by atoms with Crippen LogP contribution in [0.5, 0.6) is 0 Å². The molecule has 6 nitrogen and oxygen atoms in total. The Labute approximate surface area is 174 Å². The van der Waals surface area contributed by atoms with E-state index in [0.29, 0.717) is 24.9 Å². The summed E-state index contributed by atoms with van der Waals surface area (Å²) in [5, 5.41) is 2.79. The minimum Gasteiger partial charge on any atom is -0.341 e. The lowest BCUT2D eigenvalue weighted by Gasteiger charge is -2.28. The molecule has 0 spiro atoms. The third kappa shape index (κ3) is 5.37. The monoisotopic (exact) mass is 401 g/mol. The summed E-state index contributed by atoms with van der Waals surface area (Å²) in [5.74, 6) is 0.0481. The van der Waals surface area contributed by atoms with Crippen molar-refractivity contribution >= 4 is 17.8 Å². The van der Waals surface area contributed by atoms with Crippen molar-refractivity contribution in [2.75, 3.05) is 19.6 Å². The highest BCUT2D eigenvalue weighted by atomic mass is 16.2. The number of amides is 4. The smallest absolute Gasteiger partial charge is 0.325 e. The van der Waals surface area contributed by atoms with Crippen LogP contribution in [-0.4, -0.2) is 47.3 Å². The van der Waals surface area contributed by atoms with Gasteiger partial charge in [0.05, 0.1) is 0 Å². The highest BCUT2D eigenvalue weighted by molar-refractivity contribution is 6.09. The van der Waals surface area contributed by atoms with Crippen LogP contribution in [0.2, 0.25) is 0 Å². The maximum atomic E-state index is 13.1. The van der Waals surface area contributed by atoms with Gasteiger partial charge in [0.1, 0.15) is 12.1 Å². The average Bonchev–Trinajstić information content (AvgIpc) is 2.85. The third-order valence-corrected chi connectivity index (χ3v) is 5.16. The summed E-state index contributed by atoms with van der Waals surface area (Å²) in [6, 6.07) is 7.24. The van der Waals surface area contributed by atoms with E-state index in [9.17, 15) is 14.4 Å². The normalized spacial score (nSPS) is 19.2. The van der Waals surface area contributed by atoms with Gasteiger partial charge < -0.3 is 10.2 Å². The number of hydrogen-bond acceptors (Lipinski definition) is 3.